The molecule has 1 aromatic carbocycles. The lowest BCUT2D eigenvalue weighted by Crippen LogP contribution is -2.40. The Morgan fingerprint density at radius 3 is 2.43 bits per heavy atom. The van der Waals surface area contributed by atoms with E-state index in [-0.39, 0.29) is 0 Å². The molecule has 0 saturated carbocycles. The minimum Gasteiger partial charge on any atom is -0.309 e. The molecule has 1 saturated heterocycles. The quantitative estimate of drug-likeness (QED) is 0.769. The number of nitrogens with one attached hydrogen (secondary N) is 1. The normalized spacial score (nSPS) is 18.8. The van der Waals surface area contributed by atoms with E-state index in [0.717, 1.165) is 19.0 Å². The standard InChI is InChI=1S/C19H32N2/c1-3-8-17-11-14-21(15-12-17)16-19(20-13-4-2)18-9-6-5-7-10-18/h5-7,9-10,17,19-20H,3-4,8,11-16H2,1-2H3. The average molecular weight is 288 g/mol. The molecule has 0 amide bonds. The Morgan fingerprint density at radius 2 is 1.81 bits per heavy atom. The zero-order valence-corrected chi connectivity index (χ0v) is 13.9. The second kappa shape index (κ2) is 9.22. The van der Waals surface area contributed by atoms with Gasteiger partial charge in [-0.3, -0.25) is 0 Å². The molecule has 1 unspecified atom stereocenters. The summed E-state index contributed by atoms with van der Waals surface area (Å²) in [5, 5.41) is 3.73. The molecule has 0 bridgehead atoms. The number of piperidine rings is 1. The first-order valence-corrected chi connectivity index (χ1v) is 8.84. The van der Waals surface area contributed by atoms with Crippen molar-refractivity contribution in [1.29, 1.82) is 0 Å². The fourth-order valence-corrected chi connectivity index (χ4v) is 3.42. The van der Waals surface area contributed by atoms with Crippen molar-refractivity contribution in [1.82, 2.24) is 10.2 Å². The molecule has 2 nitrogen and oxygen atoms in total. The SMILES string of the molecule is CCCNC(CN1CCC(CCC)CC1)c1ccccc1. The van der Waals surface area contributed by atoms with Crippen molar-refractivity contribution in [3.8, 4) is 0 Å². The lowest BCUT2D eigenvalue weighted by Gasteiger charge is -2.34. The van der Waals surface area contributed by atoms with Crippen LogP contribution in [0.25, 0.3) is 0 Å². The molecule has 0 aromatic heterocycles. The molecule has 118 valence electrons. The second-order valence-corrected chi connectivity index (χ2v) is 6.45. The molecule has 1 aromatic rings. The number of hydrogen-bond acceptors (Lipinski definition) is 2. The summed E-state index contributed by atoms with van der Waals surface area (Å²) in [5.74, 6) is 0.977. The van der Waals surface area contributed by atoms with Crippen molar-refractivity contribution in [2.24, 2.45) is 5.92 Å². The van der Waals surface area contributed by atoms with Crippen molar-refractivity contribution in [3.05, 3.63) is 35.9 Å². The fraction of sp³-hybridized carbons (Fsp3) is 0.684. The summed E-state index contributed by atoms with van der Waals surface area (Å²) >= 11 is 0. The average Bonchev–Trinajstić information content (AvgIpc) is 2.54. The summed E-state index contributed by atoms with van der Waals surface area (Å²) in [6.45, 7) is 9.37. The maximum atomic E-state index is 3.73. The molecule has 0 aliphatic carbocycles. The lowest BCUT2D eigenvalue weighted by atomic mass is 9.92. The van der Waals surface area contributed by atoms with Crippen LogP contribution in [0.15, 0.2) is 30.3 Å². The van der Waals surface area contributed by atoms with E-state index in [4.69, 9.17) is 0 Å². The van der Waals surface area contributed by atoms with Crippen LogP contribution < -0.4 is 5.32 Å². The summed E-state index contributed by atoms with van der Waals surface area (Å²) in [6, 6.07) is 11.4. The van der Waals surface area contributed by atoms with Crippen molar-refractivity contribution in [2.45, 2.75) is 52.0 Å². The van der Waals surface area contributed by atoms with Crippen LogP contribution >= 0.6 is 0 Å². The first kappa shape index (κ1) is 16.5. The summed E-state index contributed by atoms with van der Waals surface area (Å²) < 4.78 is 0. The summed E-state index contributed by atoms with van der Waals surface area (Å²) in [4.78, 5) is 2.66. The van der Waals surface area contributed by atoms with Crippen LogP contribution in [0.4, 0.5) is 0 Å². The van der Waals surface area contributed by atoms with Gasteiger partial charge in [-0.15, -0.1) is 0 Å². The van der Waals surface area contributed by atoms with Crippen molar-refractivity contribution in [3.63, 3.8) is 0 Å². The van der Waals surface area contributed by atoms with Crippen molar-refractivity contribution in [2.75, 3.05) is 26.2 Å². The van der Waals surface area contributed by atoms with E-state index in [1.54, 1.807) is 0 Å². The fourth-order valence-electron chi connectivity index (χ4n) is 3.42. The molecule has 1 aliphatic heterocycles. The third-order valence-corrected chi connectivity index (χ3v) is 4.69. The summed E-state index contributed by atoms with van der Waals surface area (Å²) in [5.41, 5.74) is 1.43. The van der Waals surface area contributed by atoms with Crippen LogP contribution in [0.3, 0.4) is 0 Å². The van der Waals surface area contributed by atoms with E-state index in [9.17, 15) is 0 Å². The van der Waals surface area contributed by atoms with Gasteiger partial charge in [0.05, 0.1) is 0 Å². The Kier molecular flexibility index (Phi) is 7.25. The van der Waals surface area contributed by atoms with E-state index in [1.165, 1.54) is 50.8 Å². The maximum Gasteiger partial charge on any atom is 0.0449 e. The molecule has 0 radical (unpaired) electrons. The zero-order chi connectivity index (χ0) is 14.9. The van der Waals surface area contributed by atoms with Crippen molar-refractivity contribution >= 4 is 0 Å². The molecular weight excluding hydrogens is 256 g/mol. The summed E-state index contributed by atoms with van der Waals surface area (Å²) in [6.07, 6.45) is 6.74. The Morgan fingerprint density at radius 1 is 1.10 bits per heavy atom. The van der Waals surface area contributed by atoms with Gasteiger partial charge in [-0.25, -0.2) is 0 Å². The minimum atomic E-state index is 0.480. The third-order valence-electron chi connectivity index (χ3n) is 4.69. The number of likely N-dealkylation sites (tertiary alicyclic amines) is 1. The van der Waals surface area contributed by atoms with Gasteiger partial charge in [-0.1, -0.05) is 57.0 Å². The van der Waals surface area contributed by atoms with E-state index in [2.05, 4.69) is 54.4 Å². The molecule has 1 fully saturated rings. The predicted molar refractivity (Wildman–Crippen MR) is 91.5 cm³/mol. The Balaban J connectivity index is 1.87. The highest BCUT2D eigenvalue weighted by atomic mass is 15.2. The molecule has 1 aliphatic rings. The highest BCUT2D eigenvalue weighted by Gasteiger charge is 2.21. The lowest BCUT2D eigenvalue weighted by molar-refractivity contribution is 0.163. The van der Waals surface area contributed by atoms with E-state index in [1.807, 2.05) is 0 Å². The van der Waals surface area contributed by atoms with E-state index >= 15 is 0 Å². The number of nitrogens with zero attached hydrogens (tertiary/aromatic N) is 1. The molecule has 1 atom stereocenters. The van der Waals surface area contributed by atoms with Crippen LogP contribution in [0.1, 0.15) is 57.6 Å². The molecule has 1 N–H and O–H groups in total. The predicted octanol–water partition coefficient (Wildman–Crippen LogP) is 4.24. The second-order valence-electron chi connectivity index (χ2n) is 6.45. The zero-order valence-electron chi connectivity index (χ0n) is 13.9. The topological polar surface area (TPSA) is 15.3 Å². The van der Waals surface area contributed by atoms with Gasteiger partial charge in [0.1, 0.15) is 0 Å². The molecule has 1 heterocycles. The van der Waals surface area contributed by atoms with Crippen LogP contribution in [0, 0.1) is 5.92 Å². The Bertz CT molecular complexity index is 368. The van der Waals surface area contributed by atoms with E-state index < -0.39 is 0 Å². The first-order chi connectivity index (χ1) is 10.3. The number of hydrogen-bond donors (Lipinski definition) is 1. The van der Waals surface area contributed by atoms with Crippen LogP contribution in [-0.2, 0) is 0 Å². The van der Waals surface area contributed by atoms with Gasteiger partial charge in [0, 0.05) is 12.6 Å². The minimum absolute atomic E-state index is 0.480. The Hall–Kier alpha value is -0.860. The van der Waals surface area contributed by atoms with Gasteiger partial charge in [-0.05, 0) is 50.4 Å². The molecule has 2 rings (SSSR count). The summed E-state index contributed by atoms with van der Waals surface area (Å²) in [7, 11) is 0. The van der Waals surface area contributed by atoms with Crippen LogP contribution in [-0.4, -0.2) is 31.1 Å². The van der Waals surface area contributed by atoms with Crippen molar-refractivity contribution < 1.29 is 0 Å². The molecule has 21 heavy (non-hydrogen) atoms. The van der Waals surface area contributed by atoms with Gasteiger partial charge in [0.15, 0.2) is 0 Å². The van der Waals surface area contributed by atoms with E-state index in [0.29, 0.717) is 6.04 Å². The first-order valence-electron chi connectivity index (χ1n) is 8.84. The maximum absolute atomic E-state index is 3.73. The number of rotatable bonds is 8. The highest BCUT2D eigenvalue weighted by molar-refractivity contribution is 5.19. The number of benzene rings is 1. The third kappa shape index (κ3) is 5.44. The molecular formula is C19H32N2. The highest BCUT2D eigenvalue weighted by Crippen LogP contribution is 2.23. The van der Waals surface area contributed by atoms with Gasteiger partial charge < -0.3 is 10.2 Å². The van der Waals surface area contributed by atoms with Crippen LogP contribution in [0.5, 0.6) is 0 Å². The van der Waals surface area contributed by atoms with Gasteiger partial charge in [-0.2, -0.15) is 0 Å². The molecule has 2 heteroatoms. The molecule has 0 spiro atoms. The smallest absolute Gasteiger partial charge is 0.0449 e. The monoisotopic (exact) mass is 288 g/mol. The van der Waals surface area contributed by atoms with Crippen LogP contribution in [0.2, 0.25) is 0 Å². The largest absolute Gasteiger partial charge is 0.309 e. The van der Waals surface area contributed by atoms with Gasteiger partial charge in [0.2, 0.25) is 0 Å². The van der Waals surface area contributed by atoms with Gasteiger partial charge >= 0.3 is 0 Å². The Labute approximate surface area is 130 Å². The van der Waals surface area contributed by atoms with Gasteiger partial charge in [0.25, 0.3) is 0 Å².